The van der Waals surface area contributed by atoms with E-state index in [0.717, 1.165) is 27.4 Å². The highest BCUT2D eigenvalue weighted by Gasteiger charge is 2.34. The van der Waals surface area contributed by atoms with Gasteiger partial charge in [0.15, 0.2) is 0 Å². The van der Waals surface area contributed by atoms with Crippen molar-refractivity contribution < 1.29 is 38.7 Å². The molecule has 5 aromatic rings. The van der Waals surface area contributed by atoms with Crippen molar-refractivity contribution in [2.75, 3.05) is 0 Å². The van der Waals surface area contributed by atoms with Gasteiger partial charge in [0.05, 0.1) is 12.4 Å². The molecule has 2 aromatic carbocycles. The molecule has 0 aliphatic rings. The molecule has 19 heteroatoms. The number of nitrogens with one attached hydrogen (secondary N) is 8. The summed E-state index contributed by atoms with van der Waals surface area (Å²) in [5.74, 6) is -5.96. The number of nitrogens with zero attached hydrogens (tertiary/aromatic N) is 1. The number of benzene rings is 2. The number of aliphatic carboxylic acids is 1. The lowest BCUT2D eigenvalue weighted by Gasteiger charge is -2.28. The van der Waals surface area contributed by atoms with E-state index in [-0.39, 0.29) is 56.8 Å². The van der Waals surface area contributed by atoms with Crippen LogP contribution in [-0.4, -0.2) is 103 Å². The van der Waals surface area contributed by atoms with Crippen LogP contribution in [0.4, 0.5) is 0 Å². The number of imidazole rings is 1. The number of hydrogen-bond donors (Lipinski definition) is 11. The number of carboxylic acid groups (broad SMARTS) is 1. The first-order valence-electron chi connectivity index (χ1n) is 21.3. The van der Waals surface area contributed by atoms with Gasteiger partial charge in [-0.1, -0.05) is 64.1 Å². The Bertz CT molecular complexity index is 2410. The van der Waals surface area contributed by atoms with Crippen molar-refractivity contribution >= 4 is 63.2 Å². The van der Waals surface area contributed by atoms with Gasteiger partial charge in [0.2, 0.25) is 35.4 Å². The highest BCUT2D eigenvalue weighted by atomic mass is 16.4. The Morgan fingerprint density at radius 3 is 1.62 bits per heavy atom. The highest BCUT2D eigenvalue weighted by molar-refractivity contribution is 5.97. The fourth-order valence-electron chi connectivity index (χ4n) is 7.50. The number of aromatic amines is 3. The number of para-hydroxylation sites is 2. The lowest BCUT2D eigenvalue weighted by Crippen LogP contribution is -2.60. The number of primary amides is 1. The monoisotopic (exact) mass is 881 g/mol. The van der Waals surface area contributed by atoms with Gasteiger partial charge in [-0.25, -0.2) is 9.78 Å². The third-order valence-electron chi connectivity index (χ3n) is 10.8. The Kier molecular flexibility index (Phi) is 16.8. The van der Waals surface area contributed by atoms with E-state index >= 15 is 0 Å². The summed E-state index contributed by atoms with van der Waals surface area (Å²) in [6.07, 6.45) is 6.19. The lowest BCUT2D eigenvalue weighted by atomic mass is 9.99. The van der Waals surface area contributed by atoms with Crippen LogP contribution in [0.25, 0.3) is 21.8 Å². The number of aromatic nitrogens is 4. The smallest absolute Gasteiger partial charge is 0.326 e. The summed E-state index contributed by atoms with van der Waals surface area (Å²) < 4.78 is 0. The summed E-state index contributed by atoms with van der Waals surface area (Å²) in [5.41, 5.74) is 15.5. The second-order valence-electron chi connectivity index (χ2n) is 16.9. The van der Waals surface area contributed by atoms with Crippen LogP contribution in [-0.2, 0) is 52.8 Å². The predicted octanol–water partition coefficient (Wildman–Crippen LogP) is 1.59. The van der Waals surface area contributed by atoms with E-state index in [0.29, 0.717) is 11.3 Å². The molecule has 6 atom stereocenters. The van der Waals surface area contributed by atoms with Crippen LogP contribution in [0.3, 0.4) is 0 Å². The summed E-state index contributed by atoms with van der Waals surface area (Å²) in [6, 6.07) is 7.50. The van der Waals surface area contributed by atoms with E-state index in [1.54, 1.807) is 26.2 Å². The van der Waals surface area contributed by atoms with Gasteiger partial charge in [0.1, 0.15) is 30.2 Å². The molecule has 13 N–H and O–H groups in total. The van der Waals surface area contributed by atoms with Gasteiger partial charge in [0.25, 0.3) is 0 Å². The maximum Gasteiger partial charge on any atom is 0.326 e. The second kappa shape index (κ2) is 22.4. The van der Waals surface area contributed by atoms with E-state index in [1.807, 2.05) is 62.4 Å². The van der Waals surface area contributed by atoms with Crippen molar-refractivity contribution in [1.29, 1.82) is 0 Å². The molecule has 0 saturated carbocycles. The molecule has 0 unspecified atom stereocenters. The zero-order valence-electron chi connectivity index (χ0n) is 36.4. The number of hydrogen-bond acceptors (Lipinski definition) is 9. The van der Waals surface area contributed by atoms with Gasteiger partial charge in [0, 0.05) is 65.4 Å². The number of H-pyrrole nitrogens is 3. The Hall–Kier alpha value is -7.02. The van der Waals surface area contributed by atoms with Gasteiger partial charge in [-0.2, -0.15) is 0 Å². The lowest BCUT2D eigenvalue weighted by molar-refractivity contribution is -0.143. The third-order valence-corrected chi connectivity index (χ3v) is 10.8. The van der Waals surface area contributed by atoms with Crippen LogP contribution in [0.2, 0.25) is 0 Å². The minimum absolute atomic E-state index is 0.0359. The Morgan fingerprint density at radius 1 is 0.609 bits per heavy atom. The molecule has 0 aliphatic carbocycles. The topological polar surface area (TPSA) is 312 Å². The molecule has 0 bridgehead atoms. The van der Waals surface area contributed by atoms with Crippen LogP contribution in [0.5, 0.6) is 0 Å². The fraction of sp³-hybridized carbons (Fsp3) is 0.422. The van der Waals surface area contributed by atoms with Crippen molar-refractivity contribution in [2.45, 2.75) is 109 Å². The Morgan fingerprint density at radius 2 is 1.08 bits per heavy atom. The average molecular weight is 882 g/mol. The standard InChI is InChI=1S/C45H59N11O8/c1-24(2)15-35(42(60)52-34(13-14-39(47)57)41(59)56-38(45(63)64)16-25(3)4)54-43(61)36(18-27-21-50-33-12-8-6-10-30(27)33)55-44(62)37(19-28-22-48-23-51-28)53-40(58)31(46)17-26-20-49-32-11-7-5-9-29(26)32/h5-12,20-25,31,34-38,49-50H,13-19,46H2,1-4H3,(H2,47,57)(H,48,51)(H,52,60)(H,53,58)(H,54,61)(H,55,62)(H,56,59)(H,63,64)/t31-,34-,35-,36-,37+,38-/m0/s1. The van der Waals surface area contributed by atoms with E-state index in [1.165, 1.54) is 12.5 Å². The number of nitrogens with two attached hydrogens (primary N) is 2. The van der Waals surface area contributed by atoms with E-state index in [2.05, 4.69) is 46.5 Å². The molecule has 342 valence electrons. The fourth-order valence-corrected chi connectivity index (χ4v) is 7.50. The quantitative estimate of drug-likeness (QED) is 0.0425. The zero-order chi connectivity index (χ0) is 46.5. The largest absolute Gasteiger partial charge is 0.480 e. The molecule has 0 radical (unpaired) electrons. The number of amides is 6. The maximum absolute atomic E-state index is 14.5. The molecule has 0 aliphatic heterocycles. The van der Waals surface area contributed by atoms with E-state index < -0.39 is 77.7 Å². The first-order chi connectivity index (χ1) is 30.5. The summed E-state index contributed by atoms with van der Waals surface area (Å²) in [6.45, 7) is 7.23. The van der Waals surface area contributed by atoms with E-state index in [9.17, 15) is 38.7 Å². The number of carbonyl (C=O) groups is 7. The van der Waals surface area contributed by atoms with Gasteiger partial charge in [-0.3, -0.25) is 28.8 Å². The molecular formula is C45H59N11O8. The summed E-state index contributed by atoms with van der Waals surface area (Å²) >= 11 is 0. The molecule has 6 amide bonds. The van der Waals surface area contributed by atoms with Gasteiger partial charge in [-0.05, 0) is 60.8 Å². The average Bonchev–Trinajstić information content (AvgIpc) is 4.01. The number of carboxylic acids is 1. The first kappa shape index (κ1) is 48.0. The molecule has 3 aromatic heterocycles. The molecule has 0 spiro atoms. The van der Waals surface area contributed by atoms with Crippen LogP contribution < -0.4 is 38.1 Å². The molecular weight excluding hydrogens is 823 g/mol. The zero-order valence-corrected chi connectivity index (χ0v) is 36.4. The van der Waals surface area contributed by atoms with Gasteiger partial charge >= 0.3 is 5.97 Å². The normalized spacial score (nSPS) is 14.3. The molecule has 5 rings (SSSR count). The van der Waals surface area contributed by atoms with Crippen molar-refractivity contribution in [3.05, 3.63) is 90.3 Å². The Labute approximate surface area is 370 Å². The maximum atomic E-state index is 14.5. The van der Waals surface area contributed by atoms with Crippen molar-refractivity contribution in [3.8, 4) is 0 Å². The van der Waals surface area contributed by atoms with Crippen molar-refractivity contribution in [2.24, 2.45) is 23.3 Å². The van der Waals surface area contributed by atoms with Crippen LogP contribution in [0, 0.1) is 11.8 Å². The van der Waals surface area contributed by atoms with E-state index in [4.69, 9.17) is 11.5 Å². The number of carbonyl (C=O) groups excluding carboxylic acids is 6. The highest BCUT2D eigenvalue weighted by Crippen LogP contribution is 2.21. The third kappa shape index (κ3) is 13.5. The van der Waals surface area contributed by atoms with Crippen molar-refractivity contribution in [1.82, 2.24) is 46.5 Å². The predicted molar refractivity (Wildman–Crippen MR) is 239 cm³/mol. The minimum atomic E-state index is -1.38. The number of rotatable bonds is 24. The first-order valence-corrected chi connectivity index (χ1v) is 21.3. The van der Waals surface area contributed by atoms with Crippen molar-refractivity contribution in [3.63, 3.8) is 0 Å². The summed E-state index contributed by atoms with van der Waals surface area (Å²) in [7, 11) is 0. The SMILES string of the molecule is CC(C)C[C@H](NC(=O)[C@H](CCC(N)=O)NC(=O)[C@H](CC(C)C)NC(=O)[C@H](Cc1c[nH]c2ccccc12)NC(=O)[C@@H](Cc1cnc[nH]1)NC(=O)[C@@H](N)Cc1c[nH]c2ccccc12)C(=O)O. The number of fused-ring (bicyclic) bond motifs is 2. The van der Waals surface area contributed by atoms with Crippen LogP contribution in [0.15, 0.2) is 73.4 Å². The summed E-state index contributed by atoms with van der Waals surface area (Å²) in [5, 5.41) is 24.9. The molecule has 0 fully saturated rings. The van der Waals surface area contributed by atoms with Gasteiger partial charge < -0.3 is 58.1 Å². The molecule has 3 heterocycles. The van der Waals surface area contributed by atoms with Gasteiger partial charge in [-0.15, -0.1) is 0 Å². The van der Waals surface area contributed by atoms with Crippen LogP contribution in [0.1, 0.15) is 70.2 Å². The molecule has 19 nitrogen and oxygen atoms in total. The Balaban J connectivity index is 1.39. The second-order valence-corrected chi connectivity index (χ2v) is 16.9. The molecule has 0 saturated heterocycles. The molecule has 64 heavy (non-hydrogen) atoms. The summed E-state index contributed by atoms with van der Waals surface area (Å²) in [4.78, 5) is 107. The minimum Gasteiger partial charge on any atom is -0.480 e. The van der Waals surface area contributed by atoms with Crippen LogP contribution >= 0.6 is 0 Å².